The summed E-state index contributed by atoms with van der Waals surface area (Å²) >= 11 is 1.33. The van der Waals surface area contributed by atoms with E-state index in [4.69, 9.17) is 9.47 Å². The highest BCUT2D eigenvalue weighted by atomic mass is 32.1. The molecule has 0 unspecified atom stereocenters. The van der Waals surface area contributed by atoms with Crippen molar-refractivity contribution in [2.24, 2.45) is 5.92 Å². The maximum absolute atomic E-state index is 12.7. The maximum Gasteiger partial charge on any atom is 0.410 e. The van der Waals surface area contributed by atoms with Gasteiger partial charge in [-0.25, -0.2) is 9.78 Å². The highest BCUT2D eigenvalue weighted by Crippen LogP contribution is 2.31. The molecule has 0 saturated heterocycles. The highest BCUT2D eigenvalue weighted by molar-refractivity contribution is 7.09. The summed E-state index contributed by atoms with van der Waals surface area (Å²) in [6.45, 7) is 13.1. The zero-order chi connectivity index (χ0) is 20.8. The van der Waals surface area contributed by atoms with Gasteiger partial charge in [0.2, 0.25) is 0 Å². The second-order valence-corrected chi connectivity index (χ2v) is 8.64. The molecule has 0 spiro atoms. The van der Waals surface area contributed by atoms with Crippen LogP contribution in [0.2, 0.25) is 0 Å². The fourth-order valence-electron chi connectivity index (χ4n) is 2.74. The van der Waals surface area contributed by atoms with Crippen molar-refractivity contribution in [1.82, 2.24) is 9.88 Å². The Morgan fingerprint density at radius 3 is 2.37 bits per heavy atom. The molecule has 1 N–H and O–H groups in total. The van der Waals surface area contributed by atoms with Crippen LogP contribution in [-0.4, -0.2) is 45.2 Å². The molecule has 0 aromatic carbocycles. The van der Waals surface area contributed by atoms with Crippen molar-refractivity contribution in [2.75, 3.05) is 6.54 Å². The van der Waals surface area contributed by atoms with Crippen molar-refractivity contribution in [3.8, 4) is 0 Å². The summed E-state index contributed by atoms with van der Waals surface area (Å²) in [7, 11) is 0. The van der Waals surface area contributed by atoms with Crippen LogP contribution in [0.3, 0.4) is 0 Å². The van der Waals surface area contributed by atoms with Crippen molar-refractivity contribution in [1.29, 1.82) is 0 Å². The number of carbonyl (C=O) groups is 2. The second kappa shape index (κ2) is 10.0. The van der Waals surface area contributed by atoms with Gasteiger partial charge in [0, 0.05) is 31.3 Å². The average Bonchev–Trinajstić information content (AvgIpc) is 3.00. The van der Waals surface area contributed by atoms with Gasteiger partial charge in [0.25, 0.3) is 0 Å². The van der Waals surface area contributed by atoms with Gasteiger partial charge in [-0.05, 0) is 33.6 Å². The molecular formula is C19H32N2O5S. The molecule has 0 fully saturated rings. The Labute approximate surface area is 165 Å². The first-order chi connectivity index (χ1) is 12.5. The molecule has 154 valence electrons. The first-order valence-corrected chi connectivity index (χ1v) is 10.1. The van der Waals surface area contributed by atoms with Gasteiger partial charge >= 0.3 is 12.1 Å². The molecule has 1 aromatic heterocycles. The summed E-state index contributed by atoms with van der Waals surface area (Å²) in [5, 5.41) is 11.6. The summed E-state index contributed by atoms with van der Waals surface area (Å²) in [5.74, 6) is -0.295. The zero-order valence-corrected chi connectivity index (χ0v) is 18.1. The lowest BCUT2D eigenvalue weighted by atomic mass is 9.96. The normalized spacial score (nSPS) is 14.0. The molecule has 0 aliphatic carbocycles. The first-order valence-electron chi connectivity index (χ1n) is 9.20. The van der Waals surface area contributed by atoms with Crippen LogP contribution in [0.1, 0.15) is 71.7 Å². The average molecular weight is 401 g/mol. The Morgan fingerprint density at radius 1 is 1.33 bits per heavy atom. The Bertz CT molecular complexity index is 624. The van der Waals surface area contributed by atoms with Crippen LogP contribution >= 0.6 is 11.3 Å². The lowest BCUT2D eigenvalue weighted by molar-refractivity contribution is -0.147. The number of aliphatic hydroxyl groups is 1. The van der Waals surface area contributed by atoms with Gasteiger partial charge in [-0.2, -0.15) is 0 Å². The van der Waals surface area contributed by atoms with Gasteiger partial charge in [0.1, 0.15) is 10.6 Å². The summed E-state index contributed by atoms with van der Waals surface area (Å²) in [6, 6.07) is -0.198. The number of hydrogen-bond donors (Lipinski definition) is 1. The number of aliphatic hydroxyl groups excluding tert-OH is 1. The monoisotopic (exact) mass is 400 g/mol. The number of hydrogen-bond acceptors (Lipinski definition) is 7. The quantitative estimate of drug-likeness (QED) is 0.666. The summed E-state index contributed by atoms with van der Waals surface area (Å²) in [4.78, 5) is 30.3. The van der Waals surface area contributed by atoms with E-state index in [1.54, 1.807) is 10.3 Å². The van der Waals surface area contributed by atoms with Crippen molar-refractivity contribution >= 4 is 23.4 Å². The van der Waals surface area contributed by atoms with Gasteiger partial charge in [0.05, 0.1) is 12.3 Å². The van der Waals surface area contributed by atoms with Crippen LogP contribution in [0, 0.1) is 5.92 Å². The Balaban J connectivity index is 3.10. The Morgan fingerprint density at radius 2 is 1.96 bits per heavy atom. The number of thiazole rings is 1. The van der Waals surface area contributed by atoms with E-state index in [-0.39, 0.29) is 24.7 Å². The molecular weight excluding hydrogens is 368 g/mol. The van der Waals surface area contributed by atoms with Crippen molar-refractivity contribution in [3.05, 3.63) is 16.1 Å². The minimum absolute atomic E-state index is 0.118. The van der Waals surface area contributed by atoms with Gasteiger partial charge in [-0.15, -0.1) is 11.3 Å². The van der Waals surface area contributed by atoms with E-state index in [9.17, 15) is 14.7 Å². The molecule has 0 aliphatic heterocycles. The highest BCUT2D eigenvalue weighted by Gasteiger charge is 2.33. The van der Waals surface area contributed by atoms with Gasteiger partial charge in [0.15, 0.2) is 6.10 Å². The third kappa shape index (κ3) is 7.46. The topological polar surface area (TPSA) is 89.0 Å². The molecule has 1 aromatic rings. The van der Waals surface area contributed by atoms with Gasteiger partial charge in [-0.3, -0.25) is 4.79 Å². The molecule has 1 rings (SSSR count). The predicted octanol–water partition coefficient (Wildman–Crippen LogP) is 3.91. The SMILES string of the molecule is CCN(C(=O)OC(C)(C)C)[C@H](C[C@@H](OC(C)=O)c1nc(CO)cs1)C(C)C. The minimum Gasteiger partial charge on any atom is -0.455 e. The number of carbonyl (C=O) groups excluding carboxylic acids is 2. The molecule has 0 bridgehead atoms. The predicted molar refractivity (Wildman–Crippen MR) is 104 cm³/mol. The largest absolute Gasteiger partial charge is 0.455 e. The van der Waals surface area contributed by atoms with Gasteiger partial charge in [-0.1, -0.05) is 13.8 Å². The molecule has 0 saturated carbocycles. The number of amides is 1. The van der Waals surface area contributed by atoms with Crippen molar-refractivity contribution < 1.29 is 24.2 Å². The van der Waals surface area contributed by atoms with Crippen LogP contribution in [-0.2, 0) is 20.9 Å². The van der Waals surface area contributed by atoms with E-state index in [0.29, 0.717) is 23.7 Å². The van der Waals surface area contributed by atoms with E-state index < -0.39 is 17.7 Å². The number of rotatable bonds is 8. The molecule has 1 heterocycles. The molecule has 0 radical (unpaired) electrons. The number of ether oxygens (including phenoxy) is 2. The van der Waals surface area contributed by atoms with Crippen LogP contribution < -0.4 is 0 Å². The van der Waals surface area contributed by atoms with Crippen LogP contribution in [0.4, 0.5) is 4.79 Å². The number of esters is 1. The Kier molecular flexibility index (Phi) is 8.68. The zero-order valence-electron chi connectivity index (χ0n) is 17.3. The first kappa shape index (κ1) is 23.4. The molecule has 0 aliphatic rings. The standard InChI is InChI=1S/C19H32N2O5S/c1-8-21(18(24)26-19(5,6)7)15(12(2)3)9-16(25-13(4)23)17-20-14(10-22)11-27-17/h11-12,15-16,22H,8-10H2,1-7H3/t15-,16-/m1/s1. The number of aromatic nitrogens is 1. The van der Waals surface area contributed by atoms with E-state index >= 15 is 0 Å². The van der Waals surface area contributed by atoms with Crippen LogP contribution in [0.5, 0.6) is 0 Å². The summed E-state index contributed by atoms with van der Waals surface area (Å²) < 4.78 is 11.0. The summed E-state index contributed by atoms with van der Waals surface area (Å²) in [5.41, 5.74) is -0.0557. The molecule has 1 amide bonds. The number of nitrogens with zero attached hydrogens (tertiary/aromatic N) is 2. The minimum atomic E-state index is -0.591. The smallest absolute Gasteiger partial charge is 0.410 e. The van der Waals surface area contributed by atoms with E-state index in [0.717, 1.165) is 0 Å². The molecule has 27 heavy (non-hydrogen) atoms. The molecule has 2 atom stereocenters. The fourth-order valence-corrected chi connectivity index (χ4v) is 3.59. The van der Waals surface area contributed by atoms with Gasteiger partial charge < -0.3 is 19.5 Å². The van der Waals surface area contributed by atoms with E-state index in [2.05, 4.69) is 4.98 Å². The van der Waals surface area contributed by atoms with Crippen molar-refractivity contribution in [2.45, 2.75) is 79.2 Å². The second-order valence-electron chi connectivity index (χ2n) is 7.75. The van der Waals surface area contributed by atoms with E-state index in [1.165, 1.54) is 18.3 Å². The fraction of sp³-hybridized carbons (Fsp3) is 0.737. The maximum atomic E-state index is 12.7. The molecule has 7 nitrogen and oxygen atoms in total. The van der Waals surface area contributed by atoms with E-state index in [1.807, 2.05) is 41.5 Å². The third-order valence-corrected chi connectivity index (χ3v) is 4.89. The molecule has 8 heteroatoms. The lowest BCUT2D eigenvalue weighted by Crippen LogP contribution is -2.46. The van der Waals surface area contributed by atoms with Crippen LogP contribution in [0.15, 0.2) is 5.38 Å². The Hall–Kier alpha value is -1.67. The lowest BCUT2D eigenvalue weighted by Gasteiger charge is -2.36. The van der Waals surface area contributed by atoms with Crippen LogP contribution in [0.25, 0.3) is 0 Å². The summed E-state index contributed by atoms with van der Waals surface area (Å²) in [6.07, 6.45) is -0.569. The third-order valence-electron chi connectivity index (χ3n) is 3.91. The van der Waals surface area contributed by atoms with Crippen molar-refractivity contribution in [3.63, 3.8) is 0 Å².